The van der Waals surface area contributed by atoms with E-state index in [4.69, 9.17) is 19.3 Å². The molecule has 0 spiro atoms. The number of nitriles is 1. The number of rotatable bonds is 9. The van der Waals surface area contributed by atoms with E-state index in [2.05, 4.69) is 33.4 Å². The van der Waals surface area contributed by atoms with Gasteiger partial charge in [0.05, 0.1) is 38.7 Å². The summed E-state index contributed by atoms with van der Waals surface area (Å²) in [5.74, 6) is 1.78. The number of nitrogens with zero attached hydrogens (tertiary/aromatic N) is 5. The van der Waals surface area contributed by atoms with Crippen LogP contribution in [0.15, 0.2) is 48.7 Å². The fourth-order valence-electron chi connectivity index (χ4n) is 5.00. The van der Waals surface area contributed by atoms with E-state index in [0.29, 0.717) is 30.5 Å². The number of ether oxygens (including phenoxy) is 2. The highest BCUT2D eigenvalue weighted by molar-refractivity contribution is 5.62. The highest BCUT2D eigenvalue weighted by Gasteiger charge is 2.31. The van der Waals surface area contributed by atoms with Crippen molar-refractivity contribution in [2.45, 2.75) is 32.7 Å². The summed E-state index contributed by atoms with van der Waals surface area (Å²) in [5, 5.41) is 14.8. The highest BCUT2D eigenvalue weighted by Crippen LogP contribution is 2.36. The minimum absolute atomic E-state index is 0.0183. The molecule has 0 saturated carbocycles. The lowest BCUT2D eigenvalue weighted by Gasteiger charge is -2.26. The molecule has 9 nitrogen and oxygen atoms in total. The van der Waals surface area contributed by atoms with Gasteiger partial charge in [-0.2, -0.15) is 10.2 Å². The molecule has 0 amide bonds. The van der Waals surface area contributed by atoms with Crippen LogP contribution >= 0.6 is 0 Å². The first kappa shape index (κ1) is 25.9. The van der Waals surface area contributed by atoms with Crippen molar-refractivity contribution in [3.63, 3.8) is 0 Å². The maximum Gasteiger partial charge on any atom is 0.229 e. The minimum Gasteiger partial charge on any atom is -0.493 e. The van der Waals surface area contributed by atoms with Crippen molar-refractivity contribution in [1.82, 2.24) is 14.9 Å². The van der Waals surface area contributed by atoms with E-state index in [0.717, 1.165) is 73.8 Å². The van der Waals surface area contributed by atoms with Crippen LogP contribution in [0.25, 0.3) is 0 Å². The number of morpholine rings is 1. The van der Waals surface area contributed by atoms with Crippen LogP contribution in [0.1, 0.15) is 41.1 Å². The van der Waals surface area contributed by atoms with Crippen molar-refractivity contribution in [3.8, 4) is 11.8 Å². The Morgan fingerprint density at radius 3 is 2.61 bits per heavy atom. The van der Waals surface area contributed by atoms with E-state index >= 15 is 0 Å². The lowest BCUT2D eigenvalue weighted by molar-refractivity contribution is 0.0357. The Balaban J connectivity index is 1.27. The van der Waals surface area contributed by atoms with E-state index in [9.17, 15) is 5.26 Å². The maximum atomic E-state index is 9.73. The molecule has 2 fully saturated rings. The van der Waals surface area contributed by atoms with E-state index in [1.54, 1.807) is 11.3 Å². The standard InChI is InChI=1S/C29H34N6O3/c1-21-17-25(18-22(2)27(21)37-13-6-10-34-11-15-36-16-12-34)32-29-31-20-24(19-30)28(33-29)35-26(9-14-38-35)23-7-4-3-5-8-23/h3-5,7-8,17-18,20,26H,6,9-16H2,1-2H3,(H,31,32,33). The molecule has 0 radical (unpaired) electrons. The number of hydroxylamine groups is 1. The third-order valence-corrected chi connectivity index (χ3v) is 6.87. The average Bonchev–Trinajstić information content (AvgIpc) is 3.43. The van der Waals surface area contributed by atoms with Crippen molar-refractivity contribution in [1.29, 1.82) is 5.26 Å². The number of hydrogen-bond acceptors (Lipinski definition) is 9. The summed E-state index contributed by atoms with van der Waals surface area (Å²) in [4.78, 5) is 17.4. The zero-order valence-electron chi connectivity index (χ0n) is 22.0. The first-order valence-electron chi connectivity index (χ1n) is 13.2. The first-order chi connectivity index (χ1) is 18.6. The predicted octanol–water partition coefficient (Wildman–Crippen LogP) is 4.69. The van der Waals surface area contributed by atoms with E-state index < -0.39 is 0 Å². The second kappa shape index (κ2) is 12.2. The van der Waals surface area contributed by atoms with Crippen LogP contribution in [0.2, 0.25) is 0 Å². The van der Waals surface area contributed by atoms with E-state index in [1.807, 2.05) is 44.2 Å². The van der Waals surface area contributed by atoms with Gasteiger partial charge in [0.1, 0.15) is 17.4 Å². The number of nitrogens with one attached hydrogen (secondary N) is 1. The largest absolute Gasteiger partial charge is 0.493 e. The topological polar surface area (TPSA) is 95.8 Å². The van der Waals surface area contributed by atoms with Gasteiger partial charge in [0.15, 0.2) is 5.82 Å². The van der Waals surface area contributed by atoms with Crippen LogP contribution in [-0.2, 0) is 9.57 Å². The van der Waals surface area contributed by atoms with Crippen LogP contribution in [0.3, 0.4) is 0 Å². The van der Waals surface area contributed by atoms with Crippen molar-refractivity contribution >= 4 is 17.5 Å². The molecule has 0 bridgehead atoms. The first-order valence-corrected chi connectivity index (χ1v) is 13.2. The molecule has 2 saturated heterocycles. The second-order valence-corrected chi connectivity index (χ2v) is 9.64. The summed E-state index contributed by atoms with van der Waals surface area (Å²) in [6, 6.07) is 16.4. The predicted molar refractivity (Wildman–Crippen MR) is 146 cm³/mol. The SMILES string of the molecule is Cc1cc(Nc2ncc(C#N)c(N3OCCC3c3ccccc3)n2)cc(C)c1OCCCN1CCOCC1. The number of aryl methyl sites for hydroxylation is 2. The Morgan fingerprint density at radius 1 is 1.11 bits per heavy atom. The van der Waals surface area contributed by atoms with Crippen LogP contribution in [0.5, 0.6) is 5.75 Å². The van der Waals surface area contributed by atoms with Crippen molar-refractivity contribution in [2.24, 2.45) is 0 Å². The third-order valence-electron chi connectivity index (χ3n) is 6.87. The van der Waals surface area contributed by atoms with E-state index in [-0.39, 0.29) is 6.04 Å². The maximum absolute atomic E-state index is 9.73. The Bertz CT molecular complexity index is 1250. The zero-order valence-corrected chi connectivity index (χ0v) is 22.0. The average molecular weight is 515 g/mol. The van der Waals surface area contributed by atoms with Crippen molar-refractivity contribution in [3.05, 3.63) is 70.9 Å². The smallest absolute Gasteiger partial charge is 0.229 e. The summed E-state index contributed by atoms with van der Waals surface area (Å²) >= 11 is 0. The molecule has 2 aromatic carbocycles. The molecular formula is C29H34N6O3. The van der Waals surface area contributed by atoms with Crippen molar-refractivity contribution < 1.29 is 14.3 Å². The normalized spacial score (nSPS) is 17.8. The van der Waals surface area contributed by atoms with Crippen LogP contribution in [0.4, 0.5) is 17.5 Å². The molecule has 198 valence electrons. The molecule has 1 N–H and O–H groups in total. The lowest BCUT2D eigenvalue weighted by Crippen LogP contribution is -2.37. The van der Waals surface area contributed by atoms with Gasteiger partial charge in [-0.3, -0.25) is 9.74 Å². The van der Waals surface area contributed by atoms with Gasteiger partial charge in [0, 0.05) is 31.7 Å². The quantitative estimate of drug-likeness (QED) is 0.408. The Hall–Kier alpha value is -3.71. The number of hydrogen-bond donors (Lipinski definition) is 1. The van der Waals surface area contributed by atoms with Gasteiger partial charge in [-0.15, -0.1) is 0 Å². The minimum atomic E-state index is -0.0183. The number of benzene rings is 2. The molecule has 1 unspecified atom stereocenters. The molecule has 1 aromatic heterocycles. The molecule has 9 heteroatoms. The second-order valence-electron chi connectivity index (χ2n) is 9.64. The molecule has 2 aliphatic heterocycles. The zero-order chi connectivity index (χ0) is 26.3. The van der Waals surface area contributed by atoms with Gasteiger partial charge in [-0.25, -0.2) is 10.0 Å². The molecule has 5 rings (SSSR count). The summed E-state index contributed by atoms with van der Waals surface area (Å²) in [7, 11) is 0. The Labute approximate surface area is 223 Å². The number of anilines is 3. The van der Waals surface area contributed by atoms with Gasteiger partial charge in [0.25, 0.3) is 0 Å². The lowest BCUT2D eigenvalue weighted by atomic mass is 10.0. The fourth-order valence-corrected chi connectivity index (χ4v) is 5.00. The van der Waals surface area contributed by atoms with Gasteiger partial charge in [0.2, 0.25) is 5.95 Å². The molecule has 1 atom stereocenters. The molecule has 38 heavy (non-hydrogen) atoms. The van der Waals surface area contributed by atoms with Crippen LogP contribution in [-0.4, -0.2) is 60.9 Å². The summed E-state index contributed by atoms with van der Waals surface area (Å²) in [6.45, 7) is 9.96. The Kier molecular flexibility index (Phi) is 8.34. The van der Waals surface area contributed by atoms with Gasteiger partial charge < -0.3 is 14.8 Å². The summed E-state index contributed by atoms with van der Waals surface area (Å²) < 4.78 is 11.6. The van der Waals surface area contributed by atoms with Gasteiger partial charge in [-0.05, 0) is 49.1 Å². The molecular weight excluding hydrogens is 480 g/mol. The fraction of sp³-hybridized carbons (Fsp3) is 0.414. The molecule has 3 aromatic rings. The van der Waals surface area contributed by atoms with Gasteiger partial charge in [-0.1, -0.05) is 30.3 Å². The van der Waals surface area contributed by atoms with Crippen LogP contribution < -0.4 is 15.1 Å². The molecule has 0 aliphatic carbocycles. The van der Waals surface area contributed by atoms with Gasteiger partial charge >= 0.3 is 0 Å². The molecule has 2 aliphatic rings. The molecule has 3 heterocycles. The highest BCUT2D eigenvalue weighted by atomic mass is 16.7. The monoisotopic (exact) mass is 514 g/mol. The van der Waals surface area contributed by atoms with E-state index in [1.165, 1.54) is 0 Å². The third kappa shape index (κ3) is 6.05. The number of aromatic nitrogens is 2. The Morgan fingerprint density at radius 2 is 1.87 bits per heavy atom. The van der Waals surface area contributed by atoms with Crippen molar-refractivity contribution in [2.75, 3.05) is 56.4 Å². The summed E-state index contributed by atoms with van der Waals surface area (Å²) in [6.07, 6.45) is 3.33. The van der Waals surface area contributed by atoms with Crippen LogP contribution in [0, 0.1) is 25.2 Å². The summed E-state index contributed by atoms with van der Waals surface area (Å²) in [5.41, 5.74) is 4.43.